The first-order valence-corrected chi connectivity index (χ1v) is 5.43. The minimum absolute atomic E-state index is 0.339. The van der Waals surface area contributed by atoms with E-state index in [2.05, 4.69) is 18.7 Å². The van der Waals surface area contributed by atoms with Gasteiger partial charge in [0.1, 0.15) is 0 Å². The third kappa shape index (κ3) is 3.95. The van der Waals surface area contributed by atoms with Crippen LogP contribution in [0, 0.1) is 5.41 Å². The fourth-order valence-corrected chi connectivity index (χ4v) is 2.24. The Hall–Kier alpha value is -0.120. The smallest absolute Gasteiger partial charge is 0.0900 e. The Bertz CT molecular complexity index is 171. The largest absolute Gasteiger partial charge is 0.389 e. The second-order valence-corrected chi connectivity index (χ2v) is 5.11. The van der Waals surface area contributed by atoms with Gasteiger partial charge in [-0.3, -0.25) is 0 Å². The first kappa shape index (κ1) is 12.0. The van der Waals surface area contributed by atoms with Gasteiger partial charge < -0.3 is 14.7 Å². The topological polar surface area (TPSA) is 32.7 Å². The van der Waals surface area contributed by atoms with E-state index in [1.807, 2.05) is 0 Å². The van der Waals surface area contributed by atoms with E-state index >= 15 is 0 Å². The lowest BCUT2D eigenvalue weighted by atomic mass is 9.84. The lowest BCUT2D eigenvalue weighted by molar-refractivity contribution is 0.0169. The molecule has 0 bridgehead atoms. The van der Waals surface area contributed by atoms with Crippen LogP contribution in [-0.2, 0) is 4.74 Å². The van der Waals surface area contributed by atoms with Crippen LogP contribution in [0.15, 0.2) is 0 Å². The van der Waals surface area contributed by atoms with Crippen molar-refractivity contribution in [3.8, 4) is 0 Å². The van der Waals surface area contributed by atoms with Gasteiger partial charge in [0, 0.05) is 20.2 Å². The van der Waals surface area contributed by atoms with Crippen LogP contribution in [0.4, 0.5) is 0 Å². The van der Waals surface area contributed by atoms with E-state index in [-0.39, 0.29) is 6.10 Å². The van der Waals surface area contributed by atoms with Crippen molar-refractivity contribution < 1.29 is 9.84 Å². The number of piperidine rings is 1. The van der Waals surface area contributed by atoms with Crippen LogP contribution in [-0.4, -0.2) is 49.5 Å². The average molecular weight is 201 g/mol. The summed E-state index contributed by atoms with van der Waals surface area (Å²) in [5, 5.41) is 9.60. The van der Waals surface area contributed by atoms with Crippen molar-refractivity contribution in [3.05, 3.63) is 0 Å². The maximum Gasteiger partial charge on any atom is 0.0900 e. The molecule has 1 aliphatic rings. The summed E-state index contributed by atoms with van der Waals surface area (Å²) in [6.07, 6.45) is 2.20. The first-order valence-electron chi connectivity index (χ1n) is 5.43. The van der Waals surface area contributed by atoms with Crippen molar-refractivity contribution in [1.29, 1.82) is 0 Å². The number of aliphatic hydroxyl groups excluding tert-OH is 1. The molecule has 0 saturated carbocycles. The van der Waals surface area contributed by atoms with Crippen molar-refractivity contribution in [2.75, 3.05) is 33.4 Å². The number of nitrogens with zero attached hydrogens (tertiary/aromatic N) is 1. The highest BCUT2D eigenvalue weighted by atomic mass is 16.5. The number of hydrogen-bond acceptors (Lipinski definition) is 3. The Labute approximate surface area is 87.1 Å². The summed E-state index contributed by atoms with van der Waals surface area (Å²) in [5.41, 5.74) is 0.408. The molecule has 1 unspecified atom stereocenters. The second-order valence-electron chi connectivity index (χ2n) is 5.11. The molecule has 1 rings (SSSR count). The maximum absolute atomic E-state index is 9.60. The van der Waals surface area contributed by atoms with Gasteiger partial charge in [-0.15, -0.1) is 0 Å². The molecular weight excluding hydrogens is 178 g/mol. The molecule has 1 aliphatic heterocycles. The number of methoxy groups -OCH3 is 1. The SMILES string of the molecule is COCC(O)CN1CCCC(C)(C)C1. The Kier molecular flexibility index (Phi) is 4.35. The molecule has 1 fully saturated rings. The number of β-amino-alcohol motifs (C(OH)–C–C–N with tert-alkyl or cyclic N) is 1. The Morgan fingerprint density at radius 1 is 1.50 bits per heavy atom. The van der Waals surface area contributed by atoms with Crippen LogP contribution in [0.1, 0.15) is 26.7 Å². The summed E-state index contributed by atoms with van der Waals surface area (Å²) < 4.78 is 4.92. The highest BCUT2D eigenvalue weighted by Crippen LogP contribution is 2.28. The van der Waals surface area contributed by atoms with Crippen molar-refractivity contribution in [2.45, 2.75) is 32.8 Å². The van der Waals surface area contributed by atoms with Gasteiger partial charge in [-0.25, -0.2) is 0 Å². The highest BCUT2D eigenvalue weighted by Gasteiger charge is 2.27. The van der Waals surface area contributed by atoms with Crippen LogP contribution in [0.3, 0.4) is 0 Å². The summed E-state index contributed by atoms with van der Waals surface area (Å²) in [6, 6.07) is 0. The van der Waals surface area contributed by atoms with Crippen LogP contribution >= 0.6 is 0 Å². The Morgan fingerprint density at radius 3 is 2.79 bits per heavy atom. The standard InChI is InChI=1S/C11H23NO2/c1-11(2)5-4-6-12(9-11)7-10(13)8-14-3/h10,13H,4-9H2,1-3H3. The van der Waals surface area contributed by atoms with Crippen molar-refractivity contribution in [2.24, 2.45) is 5.41 Å². The Balaban J connectivity index is 2.30. The van der Waals surface area contributed by atoms with Gasteiger partial charge in [-0.05, 0) is 24.8 Å². The predicted octanol–water partition coefficient (Wildman–Crippen LogP) is 1.12. The molecule has 0 aromatic rings. The number of likely N-dealkylation sites (tertiary alicyclic amines) is 1. The summed E-state index contributed by atoms with van der Waals surface area (Å²) in [4.78, 5) is 2.34. The molecule has 0 amide bonds. The molecule has 84 valence electrons. The van der Waals surface area contributed by atoms with Crippen molar-refractivity contribution in [3.63, 3.8) is 0 Å². The van der Waals surface area contributed by atoms with E-state index in [1.165, 1.54) is 12.8 Å². The molecule has 0 aliphatic carbocycles. The maximum atomic E-state index is 9.60. The van der Waals surface area contributed by atoms with Crippen molar-refractivity contribution >= 4 is 0 Å². The van der Waals surface area contributed by atoms with Gasteiger partial charge in [-0.1, -0.05) is 13.8 Å². The van der Waals surface area contributed by atoms with Crippen LogP contribution in [0.25, 0.3) is 0 Å². The number of hydrogen-bond donors (Lipinski definition) is 1. The van der Waals surface area contributed by atoms with Crippen LogP contribution in [0.5, 0.6) is 0 Å². The molecule has 3 nitrogen and oxygen atoms in total. The van der Waals surface area contributed by atoms with Gasteiger partial charge in [0.2, 0.25) is 0 Å². The highest BCUT2D eigenvalue weighted by molar-refractivity contribution is 4.80. The minimum Gasteiger partial charge on any atom is -0.389 e. The molecule has 1 heterocycles. The zero-order chi connectivity index (χ0) is 10.6. The number of aliphatic hydroxyl groups is 1. The molecule has 0 spiro atoms. The fraction of sp³-hybridized carbons (Fsp3) is 1.00. The third-order valence-corrected chi connectivity index (χ3v) is 2.81. The third-order valence-electron chi connectivity index (χ3n) is 2.81. The summed E-state index contributed by atoms with van der Waals surface area (Å²) in [5.74, 6) is 0. The van der Waals surface area contributed by atoms with Crippen LogP contribution < -0.4 is 0 Å². The summed E-state index contributed by atoms with van der Waals surface area (Å²) >= 11 is 0. The van der Waals surface area contributed by atoms with E-state index in [4.69, 9.17) is 4.74 Å². The van der Waals surface area contributed by atoms with Gasteiger partial charge in [-0.2, -0.15) is 0 Å². The van der Waals surface area contributed by atoms with Gasteiger partial charge in [0.25, 0.3) is 0 Å². The van der Waals surface area contributed by atoms with Crippen molar-refractivity contribution in [1.82, 2.24) is 4.90 Å². The molecule has 0 aromatic heterocycles. The predicted molar refractivity (Wildman–Crippen MR) is 57.3 cm³/mol. The zero-order valence-electron chi connectivity index (χ0n) is 9.62. The van der Waals surface area contributed by atoms with E-state index in [1.54, 1.807) is 7.11 Å². The number of rotatable bonds is 4. The molecule has 1 saturated heterocycles. The lowest BCUT2D eigenvalue weighted by Gasteiger charge is -2.38. The average Bonchev–Trinajstić information content (AvgIpc) is 2.02. The molecule has 0 radical (unpaired) electrons. The summed E-state index contributed by atoms with van der Waals surface area (Å²) in [6.45, 7) is 7.98. The first-order chi connectivity index (χ1) is 6.53. The lowest BCUT2D eigenvalue weighted by Crippen LogP contribution is -2.44. The normalized spacial score (nSPS) is 24.9. The zero-order valence-corrected chi connectivity index (χ0v) is 9.62. The fourth-order valence-electron chi connectivity index (χ4n) is 2.24. The van der Waals surface area contributed by atoms with Gasteiger partial charge in [0.05, 0.1) is 12.7 Å². The van der Waals surface area contributed by atoms with Crippen LogP contribution in [0.2, 0.25) is 0 Å². The number of ether oxygens (including phenoxy) is 1. The molecule has 1 atom stereocenters. The second kappa shape index (κ2) is 5.10. The van der Waals surface area contributed by atoms with E-state index in [0.29, 0.717) is 12.0 Å². The van der Waals surface area contributed by atoms with Gasteiger partial charge in [0.15, 0.2) is 0 Å². The molecular formula is C11H23NO2. The monoisotopic (exact) mass is 201 g/mol. The summed E-state index contributed by atoms with van der Waals surface area (Å²) in [7, 11) is 1.63. The van der Waals surface area contributed by atoms with E-state index in [9.17, 15) is 5.11 Å². The molecule has 3 heteroatoms. The molecule has 1 N–H and O–H groups in total. The van der Waals surface area contributed by atoms with E-state index in [0.717, 1.165) is 19.6 Å². The Morgan fingerprint density at radius 2 is 2.21 bits per heavy atom. The van der Waals surface area contributed by atoms with Gasteiger partial charge >= 0.3 is 0 Å². The minimum atomic E-state index is -0.339. The molecule has 14 heavy (non-hydrogen) atoms. The quantitative estimate of drug-likeness (QED) is 0.739. The van der Waals surface area contributed by atoms with E-state index < -0.39 is 0 Å². The molecule has 0 aromatic carbocycles.